The molecule has 0 bridgehead atoms. The minimum absolute atomic E-state index is 0.0630. The fourth-order valence-electron chi connectivity index (χ4n) is 1.33. The summed E-state index contributed by atoms with van der Waals surface area (Å²) in [7, 11) is 0. The molecule has 0 aromatic heterocycles. The number of hydrogen-bond acceptors (Lipinski definition) is 3. The van der Waals surface area contributed by atoms with Crippen molar-refractivity contribution in [1.82, 2.24) is 5.32 Å². The van der Waals surface area contributed by atoms with E-state index in [2.05, 4.69) is 0 Å². The zero-order valence-electron chi connectivity index (χ0n) is 10.7. The van der Waals surface area contributed by atoms with Crippen molar-refractivity contribution in [3.05, 3.63) is 28.8 Å². The van der Waals surface area contributed by atoms with Crippen LogP contribution < -0.4 is 10.1 Å². The van der Waals surface area contributed by atoms with E-state index in [1.807, 2.05) is 0 Å². The number of carboxylic acids is 1. The molecular weight excluding hydrogens is 315 g/mol. The molecular formula is C12H11ClF3NO4. The molecule has 0 fully saturated rings. The van der Waals surface area contributed by atoms with Crippen molar-refractivity contribution in [3.8, 4) is 5.75 Å². The Hall–Kier alpha value is -1.96. The first kappa shape index (κ1) is 17.1. The second-order valence-corrected chi connectivity index (χ2v) is 4.54. The molecule has 0 radical (unpaired) electrons. The minimum Gasteiger partial charge on any atom is -0.491 e. The number of carbonyl (C=O) groups excluding carboxylic acids is 1. The number of aromatic carboxylic acids is 1. The van der Waals surface area contributed by atoms with Crippen LogP contribution in [0.3, 0.4) is 0 Å². The Morgan fingerprint density at radius 1 is 1.43 bits per heavy atom. The number of amides is 1. The number of halogens is 4. The molecule has 5 nitrogen and oxygen atoms in total. The number of ether oxygens (including phenoxy) is 1. The van der Waals surface area contributed by atoms with Crippen molar-refractivity contribution in [1.29, 1.82) is 0 Å². The third-order valence-electron chi connectivity index (χ3n) is 2.31. The summed E-state index contributed by atoms with van der Waals surface area (Å²) in [5.74, 6) is -3.09. The fourth-order valence-corrected chi connectivity index (χ4v) is 1.58. The summed E-state index contributed by atoms with van der Waals surface area (Å²) in [5.41, 5.74) is -0.123. The van der Waals surface area contributed by atoms with Crippen molar-refractivity contribution < 1.29 is 32.6 Å². The largest absolute Gasteiger partial charge is 0.491 e. The van der Waals surface area contributed by atoms with E-state index < -0.39 is 24.1 Å². The third-order valence-corrected chi connectivity index (χ3v) is 2.62. The van der Waals surface area contributed by atoms with E-state index in [9.17, 15) is 22.8 Å². The lowest BCUT2D eigenvalue weighted by Gasteiger charge is -2.16. The van der Waals surface area contributed by atoms with Crippen molar-refractivity contribution in [2.75, 3.05) is 6.61 Å². The summed E-state index contributed by atoms with van der Waals surface area (Å²) in [5, 5.41) is 10.4. The van der Waals surface area contributed by atoms with Crippen LogP contribution in [0.2, 0.25) is 5.02 Å². The molecule has 1 aromatic carbocycles. The van der Waals surface area contributed by atoms with Crippen LogP contribution in [-0.2, 0) is 4.79 Å². The van der Waals surface area contributed by atoms with E-state index >= 15 is 0 Å². The van der Waals surface area contributed by atoms with Gasteiger partial charge in [0.2, 0.25) is 0 Å². The summed E-state index contributed by atoms with van der Waals surface area (Å²) in [6.07, 6.45) is -4.96. The topological polar surface area (TPSA) is 75.6 Å². The van der Waals surface area contributed by atoms with Crippen LogP contribution in [0.1, 0.15) is 17.3 Å². The lowest BCUT2D eigenvalue weighted by molar-refractivity contribution is -0.174. The van der Waals surface area contributed by atoms with Crippen LogP contribution in [0.5, 0.6) is 5.75 Å². The maximum absolute atomic E-state index is 12.0. The Bertz CT molecular complexity index is 548. The van der Waals surface area contributed by atoms with Crippen molar-refractivity contribution in [2.24, 2.45) is 0 Å². The molecule has 0 aliphatic rings. The highest BCUT2D eigenvalue weighted by molar-refractivity contribution is 6.33. The number of alkyl halides is 3. The Balaban J connectivity index is 2.58. The standard InChI is InChI=1S/C12H11ClF3NO4/c1-6(17-11(20)12(14,15)16)5-21-7-2-3-8(10(18)19)9(13)4-7/h2-4,6H,5H2,1H3,(H,17,20)(H,18,19). The molecule has 1 atom stereocenters. The number of carboxylic acid groups (broad SMARTS) is 1. The van der Waals surface area contributed by atoms with Gasteiger partial charge in [0.05, 0.1) is 16.6 Å². The summed E-state index contributed by atoms with van der Waals surface area (Å²) in [6, 6.07) is 2.85. The Morgan fingerprint density at radius 2 is 2.05 bits per heavy atom. The van der Waals surface area contributed by atoms with Gasteiger partial charge in [-0.1, -0.05) is 11.6 Å². The van der Waals surface area contributed by atoms with Crippen LogP contribution in [0.25, 0.3) is 0 Å². The van der Waals surface area contributed by atoms with E-state index in [-0.39, 0.29) is 22.9 Å². The highest BCUT2D eigenvalue weighted by Gasteiger charge is 2.39. The van der Waals surface area contributed by atoms with Crippen molar-refractivity contribution >= 4 is 23.5 Å². The van der Waals surface area contributed by atoms with Gasteiger partial charge < -0.3 is 15.2 Å². The normalized spacial score (nSPS) is 12.6. The van der Waals surface area contributed by atoms with Crippen LogP contribution in [0, 0.1) is 0 Å². The van der Waals surface area contributed by atoms with Crippen molar-refractivity contribution in [2.45, 2.75) is 19.1 Å². The second-order valence-electron chi connectivity index (χ2n) is 4.13. The monoisotopic (exact) mass is 325 g/mol. The molecule has 2 N–H and O–H groups in total. The number of rotatable bonds is 5. The first-order valence-corrected chi connectivity index (χ1v) is 6.02. The molecule has 1 aromatic rings. The predicted octanol–water partition coefficient (Wildman–Crippen LogP) is 2.48. The fraction of sp³-hybridized carbons (Fsp3) is 0.333. The Morgan fingerprint density at radius 3 is 2.52 bits per heavy atom. The lowest BCUT2D eigenvalue weighted by atomic mass is 10.2. The van der Waals surface area contributed by atoms with Gasteiger partial charge in [0.25, 0.3) is 0 Å². The molecule has 1 amide bonds. The number of benzene rings is 1. The van der Waals surface area contributed by atoms with Crippen LogP contribution in [0.15, 0.2) is 18.2 Å². The highest BCUT2D eigenvalue weighted by atomic mass is 35.5. The molecule has 9 heteroatoms. The zero-order valence-corrected chi connectivity index (χ0v) is 11.5. The molecule has 0 spiro atoms. The van der Waals surface area contributed by atoms with E-state index in [1.54, 1.807) is 5.32 Å². The predicted molar refractivity (Wildman–Crippen MR) is 67.6 cm³/mol. The van der Waals surface area contributed by atoms with Gasteiger partial charge in [-0.15, -0.1) is 0 Å². The van der Waals surface area contributed by atoms with E-state index in [0.717, 1.165) is 0 Å². The molecule has 1 rings (SSSR count). The van der Waals surface area contributed by atoms with Gasteiger partial charge in [-0.2, -0.15) is 13.2 Å². The molecule has 21 heavy (non-hydrogen) atoms. The molecule has 0 saturated heterocycles. The van der Waals surface area contributed by atoms with Gasteiger partial charge in [0, 0.05) is 0 Å². The quantitative estimate of drug-likeness (QED) is 0.872. The average molecular weight is 326 g/mol. The maximum Gasteiger partial charge on any atom is 0.471 e. The summed E-state index contributed by atoms with van der Waals surface area (Å²) in [4.78, 5) is 21.4. The van der Waals surface area contributed by atoms with E-state index in [0.29, 0.717) is 0 Å². The van der Waals surface area contributed by atoms with Gasteiger partial charge >= 0.3 is 18.1 Å². The number of carbonyl (C=O) groups is 2. The highest BCUT2D eigenvalue weighted by Crippen LogP contribution is 2.22. The first-order chi connectivity index (χ1) is 9.61. The average Bonchev–Trinajstić information content (AvgIpc) is 2.34. The summed E-state index contributed by atoms with van der Waals surface area (Å²) >= 11 is 5.70. The van der Waals surface area contributed by atoms with Gasteiger partial charge in [-0.05, 0) is 25.1 Å². The van der Waals surface area contributed by atoms with E-state index in [1.165, 1.54) is 25.1 Å². The number of hydrogen-bond donors (Lipinski definition) is 2. The molecule has 116 valence electrons. The van der Waals surface area contributed by atoms with Gasteiger partial charge in [0.15, 0.2) is 0 Å². The van der Waals surface area contributed by atoms with Crippen LogP contribution in [0.4, 0.5) is 13.2 Å². The van der Waals surface area contributed by atoms with Crippen molar-refractivity contribution in [3.63, 3.8) is 0 Å². The molecule has 1 unspecified atom stereocenters. The van der Waals surface area contributed by atoms with Crippen LogP contribution in [-0.4, -0.2) is 35.8 Å². The lowest BCUT2D eigenvalue weighted by Crippen LogP contribution is -2.44. The molecule has 0 heterocycles. The Labute approximate surface area is 122 Å². The van der Waals surface area contributed by atoms with Gasteiger partial charge in [-0.3, -0.25) is 4.79 Å². The number of nitrogens with one attached hydrogen (secondary N) is 1. The molecule has 0 aliphatic heterocycles. The minimum atomic E-state index is -4.96. The molecule has 0 saturated carbocycles. The Kier molecular flexibility index (Phi) is 5.42. The molecule has 0 aliphatic carbocycles. The second kappa shape index (κ2) is 6.66. The smallest absolute Gasteiger partial charge is 0.471 e. The first-order valence-electron chi connectivity index (χ1n) is 5.64. The zero-order chi connectivity index (χ0) is 16.2. The third kappa shape index (κ3) is 5.14. The summed E-state index contributed by atoms with van der Waals surface area (Å²) < 4.78 is 41.2. The van der Waals surface area contributed by atoms with Gasteiger partial charge in [0.1, 0.15) is 12.4 Å². The van der Waals surface area contributed by atoms with E-state index in [4.69, 9.17) is 21.4 Å². The summed E-state index contributed by atoms with van der Waals surface area (Å²) in [6.45, 7) is 1.10. The maximum atomic E-state index is 12.0. The SMILES string of the molecule is CC(COc1ccc(C(=O)O)c(Cl)c1)NC(=O)C(F)(F)F. The van der Waals surface area contributed by atoms with Gasteiger partial charge in [-0.25, -0.2) is 4.79 Å². The van der Waals surface area contributed by atoms with Crippen LogP contribution >= 0.6 is 11.6 Å².